The number of nitrogens with two attached hydrogens (primary N) is 2. The molecule has 1 aliphatic rings. The first kappa shape index (κ1) is 14.1. The van der Waals surface area contributed by atoms with Gasteiger partial charge in [0, 0.05) is 12.6 Å². The number of primary amides is 1. The van der Waals surface area contributed by atoms with Crippen LogP contribution in [-0.4, -0.2) is 29.9 Å². The number of amides is 1. The standard InChI is InChI=1S/C14H23N3O2/c1-10-6-7-13(19-10)12(8-15)17(9-14(16)18)11-4-2-3-5-11/h6-7,11-12H,2-5,8-9,15H2,1H3,(H2,16,18). The summed E-state index contributed by atoms with van der Waals surface area (Å²) >= 11 is 0. The predicted octanol–water partition coefficient (Wildman–Crippen LogP) is 1.32. The first-order chi connectivity index (χ1) is 9.11. The van der Waals surface area contributed by atoms with Crippen LogP contribution in [0.25, 0.3) is 0 Å². The molecule has 5 nitrogen and oxygen atoms in total. The monoisotopic (exact) mass is 265 g/mol. The molecule has 0 bridgehead atoms. The molecule has 1 aromatic heterocycles. The number of carbonyl (C=O) groups is 1. The minimum atomic E-state index is -0.311. The Morgan fingerprint density at radius 1 is 1.47 bits per heavy atom. The smallest absolute Gasteiger partial charge is 0.231 e. The molecule has 0 aromatic carbocycles. The van der Waals surface area contributed by atoms with Gasteiger partial charge < -0.3 is 15.9 Å². The van der Waals surface area contributed by atoms with Crippen molar-refractivity contribution in [3.8, 4) is 0 Å². The summed E-state index contributed by atoms with van der Waals surface area (Å²) in [6.07, 6.45) is 4.61. The largest absolute Gasteiger partial charge is 0.465 e. The highest BCUT2D eigenvalue weighted by Crippen LogP contribution is 2.31. The van der Waals surface area contributed by atoms with Crippen LogP contribution in [0.15, 0.2) is 16.5 Å². The number of hydrogen-bond acceptors (Lipinski definition) is 4. The van der Waals surface area contributed by atoms with Gasteiger partial charge in [-0.3, -0.25) is 9.69 Å². The van der Waals surface area contributed by atoms with Crippen LogP contribution >= 0.6 is 0 Å². The molecule has 1 fully saturated rings. The van der Waals surface area contributed by atoms with E-state index in [1.807, 2.05) is 19.1 Å². The number of carbonyl (C=O) groups excluding carboxylic acids is 1. The van der Waals surface area contributed by atoms with E-state index in [9.17, 15) is 4.79 Å². The summed E-state index contributed by atoms with van der Waals surface area (Å²) in [5, 5.41) is 0. The lowest BCUT2D eigenvalue weighted by Crippen LogP contribution is -2.44. The molecule has 1 amide bonds. The molecular weight excluding hydrogens is 242 g/mol. The average Bonchev–Trinajstić information content (AvgIpc) is 2.99. The number of rotatable bonds is 6. The summed E-state index contributed by atoms with van der Waals surface area (Å²) in [5.41, 5.74) is 11.3. The quantitative estimate of drug-likeness (QED) is 0.812. The molecule has 0 spiro atoms. The summed E-state index contributed by atoms with van der Waals surface area (Å²) in [7, 11) is 0. The van der Waals surface area contributed by atoms with Crippen LogP contribution in [0.4, 0.5) is 0 Å². The molecule has 1 aromatic rings. The van der Waals surface area contributed by atoms with E-state index < -0.39 is 0 Å². The Morgan fingerprint density at radius 2 is 2.16 bits per heavy atom. The number of nitrogens with zero attached hydrogens (tertiary/aromatic N) is 1. The fraction of sp³-hybridized carbons (Fsp3) is 0.643. The molecule has 1 saturated carbocycles. The van der Waals surface area contributed by atoms with Gasteiger partial charge in [0.05, 0.1) is 12.6 Å². The summed E-state index contributed by atoms with van der Waals surface area (Å²) in [5.74, 6) is 1.38. The van der Waals surface area contributed by atoms with Gasteiger partial charge in [-0.1, -0.05) is 12.8 Å². The molecule has 5 heteroatoms. The fourth-order valence-corrected chi connectivity index (χ4v) is 2.96. The van der Waals surface area contributed by atoms with Crippen LogP contribution in [0.3, 0.4) is 0 Å². The van der Waals surface area contributed by atoms with Crippen molar-refractivity contribution in [2.24, 2.45) is 11.5 Å². The maximum atomic E-state index is 11.3. The zero-order chi connectivity index (χ0) is 13.8. The lowest BCUT2D eigenvalue weighted by atomic mass is 10.1. The molecule has 1 heterocycles. The van der Waals surface area contributed by atoms with Gasteiger partial charge in [0.15, 0.2) is 0 Å². The van der Waals surface area contributed by atoms with Gasteiger partial charge >= 0.3 is 0 Å². The van der Waals surface area contributed by atoms with Gasteiger partial charge in [0.25, 0.3) is 0 Å². The molecule has 0 radical (unpaired) electrons. The van der Waals surface area contributed by atoms with Crippen molar-refractivity contribution in [1.29, 1.82) is 0 Å². The van der Waals surface area contributed by atoms with Gasteiger partial charge in [-0.2, -0.15) is 0 Å². The van der Waals surface area contributed by atoms with Crippen LogP contribution in [0.1, 0.15) is 43.2 Å². The lowest BCUT2D eigenvalue weighted by molar-refractivity contribution is -0.120. The topological polar surface area (TPSA) is 85.5 Å². The van der Waals surface area contributed by atoms with Crippen molar-refractivity contribution in [3.63, 3.8) is 0 Å². The summed E-state index contributed by atoms with van der Waals surface area (Å²) in [6.45, 7) is 2.58. The molecule has 1 atom stereocenters. The molecule has 0 aliphatic heterocycles. The van der Waals surface area contributed by atoms with Gasteiger partial charge in [-0.05, 0) is 31.9 Å². The molecule has 106 valence electrons. The number of hydrogen-bond donors (Lipinski definition) is 2. The maximum Gasteiger partial charge on any atom is 0.231 e. The van der Waals surface area contributed by atoms with Crippen LogP contribution in [0, 0.1) is 6.92 Å². The molecular formula is C14H23N3O2. The first-order valence-electron chi connectivity index (χ1n) is 6.92. The van der Waals surface area contributed by atoms with Crippen molar-refractivity contribution in [2.75, 3.05) is 13.1 Å². The third-order valence-corrected chi connectivity index (χ3v) is 3.85. The molecule has 0 saturated heterocycles. The Labute approximate surface area is 113 Å². The Balaban J connectivity index is 2.20. The zero-order valence-corrected chi connectivity index (χ0v) is 11.5. The van der Waals surface area contributed by atoms with E-state index in [0.29, 0.717) is 12.6 Å². The Bertz CT molecular complexity index is 424. The second-order valence-electron chi connectivity index (χ2n) is 5.28. The number of aryl methyl sites for hydroxylation is 1. The Hall–Kier alpha value is -1.33. The average molecular weight is 265 g/mol. The van der Waals surface area contributed by atoms with Crippen molar-refractivity contribution in [3.05, 3.63) is 23.7 Å². The third-order valence-electron chi connectivity index (χ3n) is 3.85. The van der Waals surface area contributed by atoms with E-state index in [2.05, 4.69) is 4.90 Å². The summed E-state index contributed by atoms with van der Waals surface area (Å²) in [4.78, 5) is 13.5. The van der Waals surface area contributed by atoms with Crippen LogP contribution < -0.4 is 11.5 Å². The summed E-state index contributed by atoms with van der Waals surface area (Å²) < 4.78 is 5.68. The second-order valence-corrected chi connectivity index (χ2v) is 5.28. The minimum Gasteiger partial charge on any atom is -0.465 e. The van der Waals surface area contributed by atoms with E-state index in [4.69, 9.17) is 15.9 Å². The molecule has 1 unspecified atom stereocenters. The van der Waals surface area contributed by atoms with E-state index in [1.165, 1.54) is 12.8 Å². The van der Waals surface area contributed by atoms with E-state index in [-0.39, 0.29) is 18.5 Å². The highest BCUT2D eigenvalue weighted by molar-refractivity contribution is 5.76. The normalized spacial score (nSPS) is 18.1. The number of furan rings is 1. The van der Waals surface area contributed by atoms with Crippen molar-refractivity contribution in [2.45, 2.75) is 44.7 Å². The second kappa shape index (κ2) is 6.21. The Morgan fingerprint density at radius 3 is 2.63 bits per heavy atom. The van der Waals surface area contributed by atoms with E-state index in [0.717, 1.165) is 24.4 Å². The molecule has 4 N–H and O–H groups in total. The first-order valence-corrected chi connectivity index (χ1v) is 6.92. The predicted molar refractivity (Wildman–Crippen MR) is 73.4 cm³/mol. The van der Waals surface area contributed by atoms with Crippen molar-refractivity contribution in [1.82, 2.24) is 4.90 Å². The maximum absolute atomic E-state index is 11.3. The SMILES string of the molecule is Cc1ccc(C(CN)N(CC(N)=O)C2CCCC2)o1. The molecule has 19 heavy (non-hydrogen) atoms. The highest BCUT2D eigenvalue weighted by atomic mass is 16.3. The minimum absolute atomic E-state index is 0.0655. The van der Waals surface area contributed by atoms with Crippen LogP contribution in [-0.2, 0) is 4.79 Å². The molecule has 1 aliphatic carbocycles. The highest BCUT2D eigenvalue weighted by Gasteiger charge is 2.31. The van der Waals surface area contributed by atoms with Crippen LogP contribution in [0.5, 0.6) is 0 Å². The van der Waals surface area contributed by atoms with Gasteiger partial charge in [0.1, 0.15) is 11.5 Å². The lowest BCUT2D eigenvalue weighted by Gasteiger charge is -2.33. The fourth-order valence-electron chi connectivity index (χ4n) is 2.96. The van der Waals surface area contributed by atoms with Gasteiger partial charge in [0.2, 0.25) is 5.91 Å². The molecule has 2 rings (SSSR count). The zero-order valence-electron chi connectivity index (χ0n) is 11.5. The van der Waals surface area contributed by atoms with Crippen molar-refractivity contribution >= 4 is 5.91 Å². The summed E-state index contributed by atoms with van der Waals surface area (Å²) in [6, 6.07) is 4.18. The Kier molecular flexibility index (Phi) is 4.61. The third kappa shape index (κ3) is 3.36. The van der Waals surface area contributed by atoms with Crippen LogP contribution in [0.2, 0.25) is 0 Å². The van der Waals surface area contributed by atoms with E-state index in [1.54, 1.807) is 0 Å². The van der Waals surface area contributed by atoms with Crippen molar-refractivity contribution < 1.29 is 9.21 Å². The van der Waals surface area contributed by atoms with E-state index >= 15 is 0 Å². The van der Waals surface area contributed by atoms with Gasteiger partial charge in [-0.25, -0.2) is 0 Å². The van der Waals surface area contributed by atoms with Gasteiger partial charge in [-0.15, -0.1) is 0 Å².